The van der Waals surface area contributed by atoms with Crippen molar-refractivity contribution in [1.29, 1.82) is 0 Å². The van der Waals surface area contributed by atoms with E-state index < -0.39 is 23.4 Å². The molecule has 2 N–H and O–H groups in total. The highest BCUT2D eigenvalue weighted by Gasteiger charge is 2.49. The fourth-order valence-corrected chi connectivity index (χ4v) is 3.09. The van der Waals surface area contributed by atoms with Crippen LogP contribution in [0.25, 0.3) is 0 Å². The smallest absolute Gasteiger partial charge is 0.325 e. The number of hydrogen-bond acceptors (Lipinski definition) is 4. The first kappa shape index (κ1) is 19.7. The summed E-state index contributed by atoms with van der Waals surface area (Å²) in [4.78, 5) is 38.4. The number of rotatable bonds is 6. The maximum absolute atomic E-state index is 12.8. The number of urea groups is 1. The van der Waals surface area contributed by atoms with Crippen LogP contribution >= 0.6 is 11.6 Å². The summed E-state index contributed by atoms with van der Waals surface area (Å²) in [6, 6.07) is 12.8. The molecule has 0 saturated carbocycles. The quantitative estimate of drug-likeness (QED) is 0.728. The average Bonchev–Trinajstić information content (AvgIpc) is 2.88. The van der Waals surface area contributed by atoms with E-state index in [0.29, 0.717) is 28.6 Å². The van der Waals surface area contributed by atoms with E-state index in [2.05, 4.69) is 10.6 Å². The molecule has 0 spiro atoms. The molecule has 1 atom stereocenters. The average molecular weight is 402 g/mol. The topological polar surface area (TPSA) is 87.7 Å². The van der Waals surface area contributed by atoms with Crippen molar-refractivity contribution in [3.05, 3.63) is 59.1 Å². The first-order valence-corrected chi connectivity index (χ1v) is 9.14. The Bertz CT molecular complexity index is 899. The lowest BCUT2D eigenvalue weighted by molar-refractivity contribution is -0.133. The second kappa shape index (κ2) is 7.90. The largest absolute Gasteiger partial charge is 0.494 e. The number of anilines is 1. The highest BCUT2D eigenvalue weighted by atomic mass is 35.5. The minimum atomic E-state index is -1.25. The molecule has 2 aromatic carbocycles. The van der Waals surface area contributed by atoms with Gasteiger partial charge in [-0.2, -0.15) is 0 Å². The Morgan fingerprint density at radius 3 is 2.39 bits per heavy atom. The SMILES string of the molecule is CCOc1ccc(NC(=O)CN2C(=O)N[C@](C)(c3ccc(Cl)cc3)C2=O)cc1. The normalized spacial score (nSPS) is 18.8. The maximum Gasteiger partial charge on any atom is 0.325 e. The van der Waals surface area contributed by atoms with Crippen molar-refractivity contribution in [2.24, 2.45) is 0 Å². The van der Waals surface area contributed by atoms with Gasteiger partial charge < -0.3 is 15.4 Å². The number of benzene rings is 2. The molecule has 0 aliphatic carbocycles. The van der Waals surface area contributed by atoms with Gasteiger partial charge in [0.05, 0.1) is 6.61 Å². The van der Waals surface area contributed by atoms with Gasteiger partial charge in [-0.3, -0.25) is 14.5 Å². The van der Waals surface area contributed by atoms with E-state index in [-0.39, 0.29) is 6.54 Å². The van der Waals surface area contributed by atoms with Crippen molar-refractivity contribution in [1.82, 2.24) is 10.2 Å². The molecule has 0 radical (unpaired) electrons. The second-order valence-corrected chi connectivity index (χ2v) is 6.90. The molecule has 1 fully saturated rings. The van der Waals surface area contributed by atoms with Crippen LogP contribution in [0.4, 0.5) is 10.5 Å². The molecule has 1 heterocycles. The number of nitrogens with one attached hydrogen (secondary N) is 2. The minimum Gasteiger partial charge on any atom is -0.494 e. The summed E-state index contributed by atoms with van der Waals surface area (Å²) in [6.07, 6.45) is 0. The molecule has 1 saturated heterocycles. The standard InChI is InChI=1S/C20H20ClN3O4/c1-3-28-16-10-8-15(9-11-16)22-17(25)12-24-18(26)20(2,23-19(24)27)13-4-6-14(21)7-5-13/h4-11H,3,12H2,1-2H3,(H,22,25)(H,23,27)/t20-/m1/s1. The van der Waals surface area contributed by atoms with E-state index in [4.69, 9.17) is 16.3 Å². The number of ether oxygens (including phenoxy) is 1. The van der Waals surface area contributed by atoms with Crippen molar-refractivity contribution < 1.29 is 19.1 Å². The summed E-state index contributed by atoms with van der Waals surface area (Å²) in [5.74, 6) is -0.289. The van der Waals surface area contributed by atoms with Gasteiger partial charge in [-0.05, 0) is 55.8 Å². The zero-order valence-corrected chi connectivity index (χ0v) is 16.2. The molecule has 8 heteroatoms. The highest BCUT2D eigenvalue weighted by Crippen LogP contribution is 2.29. The fraction of sp³-hybridized carbons (Fsp3) is 0.250. The first-order chi connectivity index (χ1) is 13.3. The predicted molar refractivity (Wildman–Crippen MR) is 105 cm³/mol. The molecule has 0 bridgehead atoms. The first-order valence-electron chi connectivity index (χ1n) is 8.76. The molecular weight excluding hydrogens is 382 g/mol. The summed E-state index contributed by atoms with van der Waals surface area (Å²) in [6.45, 7) is 3.64. The van der Waals surface area contributed by atoms with Crippen LogP contribution in [0, 0.1) is 0 Å². The van der Waals surface area contributed by atoms with Gasteiger partial charge in [0.2, 0.25) is 5.91 Å². The highest BCUT2D eigenvalue weighted by molar-refractivity contribution is 6.30. The van der Waals surface area contributed by atoms with Crippen LogP contribution in [0.3, 0.4) is 0 Å². The molecular formula is C20H20ClN3O4. The van der Waals surface area contributed by atoms with Crippen molar-refractivity contribution in [3.63, 3.8) is 0 Å². The maximum atomic E-state index is 12.8. The van der Waals surface area contributed by atoms with Crippen molar-refractivity contribution in [2.75, 3.05) is 18.5 Å². The molecule has 3 rings (SSSR count). The molecule has 146 valence electrons. The van der Waals surface area contributed by atoms with Crippen LogP contribution in [0.15, 0.2) is 48.5 Å². The van der Waals surface area contributed by atoms with E-state index in [1.165, 1.54) is 0 Å². The van der Waals surface area contributed by atoms with E-state index >= 15 is 0 Å². The lowest BCUT2D eigenvalue weighted by Gasteiger charge is -2.22. The van der Waals surface area contributed by atoms with Crippen LogP contribution in [0.5, 0.6) is 5.75 Å². The number of carbonyl (C=O) groups is 3. The van der Waals surface area contributed by atoms with Crippen LogP contribution in [0.2, 0.25) is 5.02 Å². The Morgan fingerprint density at radius 1 is 1.14 bits per heavy atom. The molecule has 1 aliphatic rings. The lowest BCUT2D eigenvalue weighted by atomic mass is 9.92. The summed E-state index contributed by atoms with van der Waals surface area (Å²) < 4.78 is 5.35. The number of amides is 4. The molecule has 4 amide bonds. The van der Waals surface area contributed by atoms with Gasteiger partial charge in [-0.15, -0.1) is 0 Å². The van der Waals surface area contributed by atoms with Gasteiger partial charge in [-0.25, -0.2) is 4.79 Å². The number of hydrogen-bond donors (Lipinski definition) is 2. The van der Waals surface area contributed by atoms with Gasteiger partial charge in [-0.1, -0.05) is 23.7 Å². The van der Waals surface area contributed by atoms with Gasteiger partial charge in [0.25, 0.3) is 5.91 Å². The third kappa shape index (κ3) is 3.94. The fourth-order valence-electron chi connectivity index (χ4n) is 2.96. The van der Waals surface area contributed by atoms with Crippen molar-refractivity contribution in [3.8, 4) is 5.75 Å². The molecule has 0 unspecified atom stereocenters. The summed E-state index contributed by atoms with van der Waals surface area (Å²) in [5.41, 5.74) is -0.119. The Hall–Kier alpha value is -3.06. The Labute approximate surface area is 167 Å². The van der Waals surface area contributed by atoms with E-state index in [1.807, 2.05) is 6.92 Å². The van der Waals surface area contributed by atoms with Crippen LogP contribution in [-0.2, 0) is 15.1 Å². The molecule has 7 nitrogen and oxygen atoms in total. The van der Waals surface area contributed by atoms with E-state index in [0.717, 1.165) is 4.90 Å². The van der Waals surface area contributed by atoms with Gasteiger partial charge in [0.1, 0.15) is 17.8 Å². The molecule has 2 aromatic rings. The zero-order chi connectivity index (χ0) is 20.3. The Morgan fingerprint density at radius 2 is 1.79 bits per heavy atom. The third-order valence-electron chi connectivity index (χ3n) is 4.45. The number of carbonyl (C=O) groups excluding carboxylic acids is 3. The van der Waals surface area contributed by atoms with Gasteiger partial charge in [0.15, 0.2) is 0 Å². The summed E-state index contributed by atoms with van der Waals surface area (Å²) in [5, 5.41) is 5.85. The molecule has 1 aliphatic heterocycles. The monoisotopic (exact) mass is 401 g/mol. The molecule has 28 heavy (non-hydrogen) atoms. The van der Waals surface area contributed by atoms with Crippen molar-refractivity contribution in [2.45, 2.75) is 19.4 Å². The zero-order valence-electron chi connectivity index (χ0n) is 15.5. The lowest BCUT2D eigenvalue weighted by Crippen LogP contribution is -2.42. The molecule has 0 aromatic heterocycles. The third-order valence-corrected chi connectivity index (χ3v) is 4.70. The summed E-state index contributed by atoms with van der Waals surface area (Å²) in [7, 11) is 0. The summed E-state index contributed by atoms with van der Waals surface area (Å²) >= 11 is 5.89. The Balaban J connectivity index is 1.68. The minimum absolute atomic E-state index is 0.388. The number of imide groups is 1. The Kier molecular flexibility index (Phi) is 5.56. The predicted octanol–water partition coefficient (Wildman–Crippen LogP) is 3.14. The second-order valence-electron chi connectivity index (χ2n) is 6.46. The van der Waals surface area contributed by atoms with Crippen molar-refractivity contribution >= 4 is 35.1 Å². The number of nitrogens with zero attached hydrogens (tertiary/aromatic N) is 1. The van der Waals surface area contributed by atoms with Gasteiger partial charge in [0, 0.05) is 10.7 Å². The number of halogens is 1. The van der Waals surface area contributed by atoms with Crippen LogP contribution < -0.4 is 15.4 Å². The van der Waals surface area contributed by atoms with E-state index in [1.54, 1.807) is 55.5 Å². The van der Waals surface area contributed by atoms with Gasteiger partial charge >= 0.3 is 6.03 Å². The van der Waals surface area contributed by atoms with E-state index in [9.17, 15) is 14.4 Å². The van der Waals surface area contributed by atoms with Crippen LogP contribution in [0.1, 0.15) is 19.4 Å². The van der Waals surface area contributed by atoms with Crippen LogP contribution in [-0.4, -0.2) is 35.9 Å².